The summed E-state index contributed by atoms with van der Waals surface area (Å²) in [5, 5.41) is 12.3. The first-order valence-corrected chi connectivity index (χ1v) is 9.22. The summed E-state index contributed by atoms with van der Waals surface area (Å²) in [5.41, 5.74) is 4.17. The van der Waals surface area contributed by atoms with Gasteiger partial charge in [0.25, 0.3) is 5.95 Å². The standard InChI is InChI=1S/C16H14BrN7OS/c17-13-5-3-12(4-6-13)14(25)10-26-16-23-22-15(24(16)18)21-20-9-11-2-1-7-19-8-11/h1-9H,10,18H2,(H,21,22)/b20-9+. The van der Waals surface area contributed by atoms with Gasteiger partial charge in [0.15, 0.2) is 5.78 Å². The van der Waals surface area contributed by atoms with E-state index >= 15 is 0 Å². The molecule has 0 aliphatic carbocycles. The Morgan fingerprint density at radius 1 is 1.31 bits per heavy atom. The van der Waals surface area contributed by atoms with Crippen LogP contribution in [0.25, 0.3) is 0 Å². The van der Waals surface area contributed by atoms with Crippen LogP contribution in [0.2, 0.25) is 0 Å². The minimum atomic E-state index is -0.0189. The number of nitrogens with zero attached hydrogens (tertiary/aromatic N) is 5. The Balaban J connectivity index is 1.57. The zero-order valence-electron chi connectivity index (χ0n) is 13.4. The first-order valence-electron chi connectivity index (χ1n) is 7.44. The number of nitrogens with two attached hydrogens (primary N) is 1. The number of rotatable bonds is 7. The van der Waals surface area contributed by atoms with Crippen molar-refractivity contribution in [2.45, 2.75) is 5.16 Å². The molecule has 26 heavy (non-hydrogen) atoms. The first-order chi connectivity index (χ1) is 12.6. The maximum absolute atomic E-state index is 12.2. The fourth-order valence-electron chi connectivity index (χ4n) is 1.92. The van der Waals surface area contributed by atoms with Crippen LogP contribution in [0, 0.1) is 0 Å². The van der Waals surface area contributed by atoms with Crippen LogP contribution in [-0.4, -0.2) is 37.6 Å². The Labute approximate surface area is 162 Å². The molecule has 8 nitrogen and oxygen atoms in total. The lowest BCUT2D eigenvalue weighted by atomic mass is 10.2. The molecule has 3 N–H and O–H groups in total. The monoisotopic (exact) mass is 431 g/mol. The summed E-state index contributed by atoms with van der Waals surface area (Å²) in [6.07, 6.45) is 4.94. The second-order valence-corrected chi connectivity index (χ2v) is 6.91. The van der Waals surface area contributed by atoms with E-state index in [1.54, 1.807) is 30.7 Å². The third-order valence-corrected chi connectivity index (χ3v) is 4.70. The number of halogens is 1. The number of Topliss-reactive ketones (excluding diaryl/α,β-unsaturated/α-hetero) is 1. The Kier molecular flexibility index (Phi) is 5.97. The Bertz CT molecular complexity index is 912. The second kappa shape index (κ2) is 8.59. The lowest BCUT2D eigenvalue weighted by molar-refractivity contribution is 0.102. The largest absolute Gasteiger partial charge is 0.334 e. The number of ketones is 1. The van der Waals surface area contributed by atoms with Crippen LogP contribution in [0.5, 0.6) is 0 Å². The first kappa shape index (κ1) is 18.1. The van der Waals surface area contributed by atoms with Gasteiger partial charge in [-0.1, -0.05) is 45.9 Å². The summed E-state index contributed by atoms with van der Waals surface area (Å²) in [6, 6.07) is 10.8. The Morgan fingerprint density at radius 3 is 2.85 bits per heavy atom. The highest BCUT2D eigenvalue weighted by atomic mass is 79.9. The van der Waals surface area contributed by atoms with E-state index in [0.717, 1.165) is 10.0 Å². The van der Waals surface area contributed by atoms with Crippen molar-refractivity contribution in [2.24, 2.45) is 5.10 Å². The van der Waals surface area contributed by atoms with Gasteiger partial charge in [0.2, 0.25) is 5.16 Å². The molecule has 0 radical (unpaired) electrons. The molecular weight excluding hydrogens is 418 g/mol. The number of aromatic nitrogens is 4. The van der Waals surface area contributed by atoms with Gasteiger partial charge in [0.1, 0.15) is 0 Å². The van der Waals surface area contributed by atoms with E-state index in [0.29, 0.717) is 10.7 Å². The van der Waals surface area contributed by atoms with E-state index in [1.165, 1.54) is 16.4 Å². The Morgan fingerprint density at radius 2 is 2.12 bits per heavy atom. The molecule has 3 rings (SSSR count). The number of hydrazone groups is 1. The molecule has 0 unspecified atom stereocenters. The normalized spacial score (nSPS) is 11.0. The molecule has 10 heteroatoms. The third-order valence-electron chi connectivity index (χ3n) is 3.23. The lowest BCUT2D eigenvalue weighted by Gasteiger charge is -2.03. The molecule has 0 bridgehead atoms. The molecule has 0 spiro atoms. The van der Waals surface area contributed by atoms with E-state index in [1.807, 2.05) is 24.3 Å². The fraction of sp³-hybridized carbons (Fsp3) is 0.0625. The van der Waals surface area contributed by atoms with Crippen LogP contribution in [0.3, 0.4) is 0 Å². The molecule has 0 atom stereocenters. The number of carbonyl (C=O) groups is 1. The number of pyridine rings is 1. The summed E-state index contributed by atoms with van der Waals surface area (Å²) in [5.74, 6) is 6.38. The second-order valence-electron chi connectivity index (χ2n) is 5.05. The number of carbonyl (C=O) groups excluding carboxylic acids is 1. The van der Waals surface area contributed by atoms with Crippen LogP contribution in [-0.2, 0) is 0 Å². The van der Waals surface area contributed by atoms with Crippen LogP contribution < -0.4 is 11.3 Å². The summed E-state index contributed by atoms with van der Waals surface area (Å²) in [6.45, 7) is 0. The van der Waals surface area contributed by atoms with Crippen molar-refractivity contribution in [1.82, 2.24) is 19.9 Å². The lowest BCUT2D eigenvalue weighted by Crippen LogP contribution is -2.14. The van der Waals surface area contributed by atoms with E-state index in [-0.39, 0.29) is 17.5 Å². The zero-order chi connectivity index (χ0) is 18.4. The molecule has 0 aliphatic heterocycles. The molecule has 2 aromatic heterocycles. The maximum atomic E-state index is 12.2. The molecule has 0 amide bonds. The van der Waals surface area contributed by atoms with Crippen LogP contribution in [0.4, 0.5) is 5.95 Å². The van der Waals surface area contributed by atoms with E-state index in [4.69, 9.17) is 5.84 Å². The predicted octanol–water partition coefficient (Wildman–Crippen LogP) is 2.57. The minimum Gasteiger partial charge on any atom is -0.334 e. The number of anilines is 1. The number of nitrogens with one attached hydrogen (secondary N) is 1. The highest BCUT2D eigenvalue weighted by molar-refractivity contribution is 9.10. The van der Waals surface area contributed by atoms with Crippen molar-refractivity contribution in [1.29, 1.82) is 0 Å². The van der Waals surface area contributed by atoms with E-state index in [9.17, 15) is 4.79 Å². The van der Waals surface area contributed by atoms with Gasteiger partial charge in [-0.15, -0.1) is 10.2 Å². The average molecular weight is 432 g/mol. The van der Waals surface area contributed by atoms with Crippen LogP contribution in [0.1, 0.15) is 15.9 Å². The van der Waals surface area contributed by atoms with Crippen LogP contribution >= 0.6 is 27.7 Å². The number of thioether (sulfide) groups is 1. The van der Waals surface area contributed by atoms with Gasteiger partial charge in [-0.2, -0.15) is 5.10 Å². The van der Waals surface area contributed by atoms with Crippen molar-refractivity contribution >= 4 is 45.6 Å². The number of hydrogen-bond donors (Lipinski definition) is 2. The molecule has 1 aromatic carbocycles. The van der Waals surface area contributed by atoms with Gasteiger partial charge >= 0.3 is 0 Å². The molecule has 3 aromatic rings. The summed E-state index contributed by atoms with van der Waals surface area (Å²) in [7, 11) is 0. The molecule has 0 aliphatic rings. The topological polar surface area (TPSA) is 111 Å². The highest BCUT2D eigenvalue weighted by Gasteiger charge is 2.13. The Hall–Kier alpha value is -2.72. The summed E-state index contributed by atoms with van der Waals surface area (Å²) < 4.78 is 2.17. The maximum Gasteiger partial charge on any atom is 0.264 e. The number of hydrogen-bond acceptors (Lipinski definition) is 8. The predicted molar refractivity (Wildman–Crippen MR) is 105 cm³/mol. The summed E-state index contributed by atoms with van der Waals surface area (Å²) in [4.78, 5) is 16.2. The van der Waals surface area contributed by atoms with Gasteiger partial charge in [0, 0.05) is 28.0 Å². The van der Waals surface area contributed by atoms with E-state index in [2.05, 4.69) is 41.6 Å². The van der Waals surface area contributed by atoms with Crippen LogP contribution in [0.15, 0.2) is 63.5 Å². The van der Waals surface area contributed by atoms with E-state index < -0.39 is 0 Å². The molecular formula is C16H14BrN7OS. The molecule has 0 saturated carbocycles. The third kappa shape index (κ3) is 4.67. The molecule has 0 saturated heterocycles. The molecule has 0 fully saturated rings. The van der Waals surface area contributed by atoms with Gasteiger partial charge < -0.3 is 5.84 Å². The van der Waals surface area contributed by atoms with Crippen molar-refractivity contribution in [3.05, 3.63) is 64.4 Å². The average Bonchev–Trinajstić information content (AvgIpc) is 3.01. The van der Waals surface area contributed by atoms with Gasteiger partial charge in [0.05, 0.1) is 12.0 Å². The number of benzene rings is 1. The molecule has 132 valence electrons. The van der Waals surface area contributed by atoms with Crippen molar-refractivity contribution in [3.8, 4) is 0 Å². The number of nitrogen functional groups attached to an aromatic ring is 1. The smallest absolute Gasteiger partial charge is 0.264 e. The SMILES string of the molecule is Nn1c(N/N=C/c2cccnc2)nnc1SCC(=O)c1ccc(Br)cc1. The van der Waals surface area contributed by atoms with Gasteiger partial charge in [-0.05, 0) is 18.2 Å². The quantitative estimate of drug-likeness (QED) is 0.194. The summed E-state index contributed by atoms with van der Waals surface area (Å²) >= 11 is 4.55. The van der Waals surface area contributed by atoms with Gasteiger partial charge in [-0.3, -0.25) is 9.78 Å². The van der Waals surface area contributed by atoms with Gasteiger partial charge in [-0.25, -0.2) is 10.1 Å². The van der Waals surface area contributed by atoms with Crippen molar-refractivity contribution in [3.63, 3.8) is 0 Å². The zero-order valence-corrected chi connectivity index (χ0v) is 15.8. The minimum absolute atomic E-state index is 0.0189. The fourth-order valence-corrected chi connectivity index (χ4v) is 2.93. The highest BCUT2D eigenvalue weighted by Crippen LogP contribution is 2.19. The van der Waals surface area contributed by atoms with Crippen molar-refractivity contribution < 1.29 is 4.79 Å². The van der Waals surface area contributed by atoms with Crippen molar-refractivity contribution in [2.75, 3.05) is 17.0 Å². The molecule has 2 heterocycles.